The van der Waals surface area contributed by atoms with Crippen molar-refractivity contribution in [2.45, 2.75) is 39.7 Å². The SMILES string of the molecule is Cc1nc(NN)c(C)c(NC(C)C(=O)N2CCCC2)n1. The Balaban J connectivity index is 2.12. The second-order valence-corrected chi connectivity index (χ2v) is 5.14. The second kappa shape index (κ2) is 6.04. The maximum absolute atomic E-state index is 12.3. The molecule has 1 saturated heterocycles. The fourth-order valence-corrected chi connectivity index (χ4v) is 2.39. The zero-order chi connectivity index (χ0) is 14.7. The first-order valence-corrected chi connectivity index (χ1v) is 6.90. The smallest absolute Gasteiger partial charge is 0.244 e. The van der Waals surface area contributed by atoms with Crippen LogP contribution in [0.4, 0.5) is 11.6 Å². The summed E-state index contributed by atoms with van der Waals surface area (Å²) in [6.07, 6.45) is 2.18. The van der Waals surface area contributed by atoms with Gasteiger partial charge in [-0.1, -0.05) is 0 Å². The van der Waals surface area contributed by atoms with E-state index < -0.39 is 0 Å². The van der Waals surface area contributed by atoms with Crippen molar-refractivity contribution in [2.75, 3.05) is 23.8 Å². The Morgan fingerprint density at radius 2 is 1.85 bits per heavy atom. The van der Waals surface area contributed by atoms with E-state index in [2.05, 4.69) is 20.7 Å². The van der Waals surface area contributed by atoms with Gasteiger partial charge in [-0.2, -0.15) is 0 Å². The number of amides is 1. The van der Waals surface area contributed by atoms with Crippen LogP contribution >= 0.6 is 0 Å². The molecule has 0 radical (unpaired) electrons. The van der Waals surface area contributed by atoms with Gasteiger partial charge in [0, 0.05) is 18.7 Å². The van der Waals surface area contributed by atoms with Crippen molar-refractivity contribution < 1.29 is 4.79 Å². The molecule has 1 aromatic heterocycles. The number of rotatable bonds is 4. The maximum atomic E-state index is 12.3. The van der Waals surface area contributed by atoms with Crippen molar-refractivity contribution >= 4 is 17.5 Å². The van der Waals surface area contributed by atoms with Crippen LogP contribution in [0, 0.1) is 13.8 Å². The van der Waals surface area contributed by atoms with Crippen molar-refractivity contribution in [1.82, 2.24) is 14.9 Å². The van der Waals surface area contributed by atoms with E-state index in [1.807, 2.05) is 18.7 Å². The fraction of sp³-hybridized carbons (Fsp3) is 0.615. The molecule has 1 aromatic rings. The molecule has 0 saturated carbocycles. The molecule has 1 fully saturated rings. The molecule has 110 valence electrons. The highest BCUT2D eigenvalue weighted by molar-refractivity contribution is 5.84. The van der Waals surface area contributed by atoms with Gasteiger partial charge >= 0.3 is 0 Å². The van der Waals surface area contributed by atoms with Crippen LogP contribution in [0.3, 0.4) is 0 Å². The van der Waals surface area contributed by atoms with Crippen LogP contribution in [-0.4, -0.2) is 39.9 Å². The summed E-state index contributed by atoms with van der Waals surface area (Å²) in [7, 11) is 0. The van der Waals surface area contributed by atoms with Gasteiger partial charge in [0.2, 0.25) is 5.91 Å². The molecule has 0 spiro atoms. The molecule has 1 unspecified atom stereocenters. The molecule has 0 bridgehead atoms. The number of anilines is 2. The third kappa shape index (κ3) is 2.98. The summed E-state index contributed by atoms with van der Waals surface area (Å²) in [4.78, 5) is 22.7. The number of nitrogens with one attached hydrogen (secondary N) is 2. The van der Waals surface area contributed by atoms with Crippen molar-refractivity contribution in [2.24, 2.45) is 5.84 Å². The zero-order valence-corrected chi connectivity index (χ0v) is 12.2. The van der Waals surface area contributed by atoms with E-state index >= 15 is 0 Å². The van der Waals surface area contributed by atoms with Crippen LogP contribution in [0.15, 0.2) is 0 Å². The van der Waals surface area contributed by atoms with E-state index in [-0.39, 0.29) is 11.9 Å². The van der Waals surface area contributed by atoms with Crippen LogP contribution in [0.1, 0.15) is 31.2 Å². The Bertz CT molecular complexity index is 498. The first-order valence-electron chi connectivity index (χ1n) is 6.90. The molecule has 7 heteroatoms. The van der Waals surface area contributed by atoms with Crippen LogP contribution in [0.5, 0.6) is 0 Å². The Labute approximate surface area is 118 Å². The minimum Gasteiger partial charge on any atom is -0.358 e. The van der Waals surface area contributed by atoms with E-state index in [9.17, 15) is 4.79 Å². The normalized spacial score (nSPS) is 16.1. The van der Waals surface area contributed by atoms with E-state index in [1.165, 1.54) is 0 Å². The summed E-state index contributed by atoms with van der Waals surface area (Å²) < 4.78 is 0. The monoisotopic (exact) mass is 278 g/mol. The maximum Gasteiger partial charge on any atom is 0.244 e. The molecule has 2 rings (SSSR count). The number of carbonyl (C=O) groups excluding carboxylic acids is 1. The van der Waals surface area contributed by atoms with Gasteiger partial charge in [0.05, 0.1) is 0 Å². The van der Waals surface area contributed by atoms with Crippen LogP contribution in [-0.2, 0) is 4.79 Å². The molecule has 1 atom stereocenters. The molecule has 4 N–H and O–H groups in total. The Kier molecular flexibility index (Phi) is 4.39. The predicted octanol–water partition coefficient (Wildman–Crippen LogP) is 0.802. The third-order valence-electron chi connectivity index (χ3n) is 3.54. The average molecular weight is 278 g/mol. The number of aromatic nitrogens is 2. The Hall–Kier alpha value is -1.89. The summed E-state index contributed by atoms with van der Waals surface area (Å²) in [6, 6.07) is -0.313. The topological polar surface area (TPSA) is 96.2 Å². The number of hydrogen-bond donors (Lipinski definition) is 3. The second-order valence-electron chi connectivity index (χ2n) is 5.14. The Morgan fingerprint density at radius 3 is 2.45 bits per heavy atom. The molecule has 2 heterocycles. The van der Waals surface area contributed by atoms with Gasteiger partial charge in [-0.3, -0.25) is 4.79 Å². The highest BCUT2D eigenvalue weighted by Crippen LogP contribution is 2.20. The lowest BCUT2D eigenvalue weighted by molar-refractivity contribution is -0.130. The van der Waals surface area contributed by atoms with Crippen molar-refractivity contribution in [1.29, 1.82) is 0 Å². The lowest BCUT2D eigenvalue weighted by Crippen LogP contribution is -2.40. The van der Waals surface area contributed by atoms with Crippen molar-refractivity contribution in [3.63, 3.8) is 0 Å². The van der Waals surface area contributed by atoms with Gasteiger partial charge in [-0.05, 0) is 33.6 Å². The number of carbonyl (C=O) groups is 1. The van der Waals surface area contributed by atoms with E-state index in [0.29, 0.717) is 17.5 Å². The van der Waals surface area contributed by atoms with Gasteiger partial charge in [0.1, 0.15) is 23.5 Å². The predicted molar refractivity (Wildman–Crippen MR) is 78.2 cm³/mol. The summed E-state index contributed by atoms with van der Waals surface area (Å²) in [5, 5.41) is 3.16. The first kappa shape index (κ1) is 14.5. The number of nitrogen functional groups attached to an aromatic ring is 1. The average Bonchev–Trinajstić information content (AvgIpc) is 2.95. The molecule has 1 aliphatic rings. The summed E-state index contributed by atoms with van der Waals surface area (Å²) in [6.45, 7) is 7.21. The van der Waals surface area contributed by atoms with E-state index in [4.69, 9.17) is 5.84 Å². The van der Waals surface area contributed by atoms with Crippen LogP contribution in [0.25, 0.3) is 0 Å². The standard InChI is InChI=1S/C13H22N6O/c1-8-11(16-10(3)17-12(8)18-14)15-9(2)13(20)19-6-4-5-7-19/h9H,4-7,14H2,1-3H3,(H2,15,16,17,18). The molecule has 0 aliphatic carbocycles. The molecule has 20 heavy (non-hydrogen) atoms. The molecule has 1 aliphatic heterocycles. The lowest BCUT2D eigenvalue weighted by Gasteiger charge is -2.22. The largest absolute Gasteiger partial charge is 0.358 e. The summed E-state index contributed by atoms with van der Waals surface area (Å²) in [5.74, 6) is 7.36. The number of nitrogens with two attached hydrogens (primary N) is 1. The Morgan fingerprint density at radius 1 is 1.25 bits per heavy atom. The fourth-order valence-electron chi connectivity index (χ4n) is 2.39. The number of likely N-dealkylation sites (tertiary alicyclic amines) is 1. The van der Waals surface area contributed by atoms with Gasteiger partial charge in [0.25, 0.3) is 0 Å². The molecule has 0 aromatic carbocycles. The summed E-state index contributed by atoms with van der Waals surface area (Å²) in [5.41, 5.74) is 3.35. The van der Waals surface area contributed by atoms with Gasteiger partial charge in [0.15, 0.2) is 0 Å². The highest BCUT2D eigenvalue weighted by atomic mass is 16.2. The minimum atomic E-state index is -0.313. The number of hydrazine groups is 1. The lowest BCUT2D eigenvalue weighted by atomic mass is 10.2. The van der Waals surface area contributed by atoms with Crippen LogP contribution in [0.2, 0.25) is 0 Å². The molecule has 1 amide bonds. The van der Waals surface area contributed by atoms with Gasteiger partial charge in [-0.25, -0.2) is 15.8 Å². The number of hydrogen-bond acceptors (Lipinski definition) is 6. The zero-order valence-electron chi connectivity index (χ0n) is 12.2. The third-order valence-corrected chi connectivity index (χ3v) is 3.54. The first-order chi connectivity index (χ1) is 9.52. The quantitative estimate of drug-likeness (QED) is 0.557. The highest BCUT2D eigenvalue weighted by Gasteiger charge is 2.24. The number of nitrogens with zero attached hydrogens (tertiary/aromatic N) is 3. The number of aryl methyl sites for hydroxylation is 1. The van der Waals surface area contributed by atoms with Gasteiger partial charge in [-0.15, -0.1) is 0 Å². The molecular weight excluding hydrogens is 256 g/mol. The van der Waals surface area contributed by atoms with Gasteiger partial charge < -0.3 is 15.6 Å². The summed E-state index contributed by atoms with van der Waals surface area (Å²) >= 11 is 0. The van der Waals surface area contributed by atoms with Crippen molar-refractivity contribution in [3.8, 4) is 0 Å². The molecular formula is C13H22N6O. The van der Waals surface area contributed by atoms with Crippen LogP contribution < -0.4 is 16.6 Å². The minimum absolute atomic E-state index is 0.112. The molecule has 7 nitrogen and oxygen atoms in total. The van der Waals surface area contributed by atoms with Crippen molar-refractivity contribution in [3.05, 3.63) is 11.4 Å². The van der Waals surface area contributed by atoms with E-state index in [1.54, 1.807) is 6.92 Å². The van der Waals surface area contributed by atoms with E-state index in [0.717, 1.165) is 31.5 Å².